The van der Waals surface area contributed by atoms with Gasteiger partial charge in [-0.1, -0.05) is 12.1 Å². The van der Waals surface area contributed by atoms with Gasteiger partial charge in [0.05, 0.1) is 12.8 Å². The molecule has 0 spiro atoms. The molecule has 0 saturated carbocycles. The lowest BCUT2D eigenvalue weighted by atomic mass is 10.1. The highest BCUT2D eigenvalue weighted by Crippen LogP contribution is 2.28. The third-order valence-electron chi connectivity index (χ3n) is 2.43. The first-order chi connectivity index (χ1) is 7.85. The second kappa shape index (κ2) is 4.66. The van der Waals surface area contributed by atoms with E-state index >= 15 is 0 Å². The summed E-state index contributed by atoms with van der Waals surface area (Å²) in [6.45, 7) is 0. The maximum Gasteiger partial charge on any atom is 0.128 e. The molecule has 0 fully saturated rings. The minimum Gasteiger partial charge on any atom is -0.496 e. The molecule has 0 aliphatic carbocycles. The third-order valence-corrected chi connectivity index (χ3v) is 2.43. The lowest BCUT2D eigenvalue weighted by Gasteiger charge is -2.08. The molecular weight excluding hydrogens is 200 g/mol. The Balaban J connectivity index is 2.49. The quantitative estimate of drug-likeness (QED) is 0.853. The minimum atomic E-state index is 0.836. The molecule has 0 saturated heterocycles. The van der Waals surface area contributed by atoms with Gasteiger partial charge in [-0.3, -0.25) is 4.98 Å². The summed E-state index contributed by atoms with van der Waals surface area (Å²) in [5.74, 6) is 0.836. The van der Waals surface area contributed by atoms with Crippen molar-refractivity contribution in [3.8, 4) is 17.0 Å². The van der Waals surface area contributed by atoms with Crippen LogP contribution in [0.25, 0.3) is 11.3 Å². The van der Waals surface area contributed by atoms with Gasteiger partial charge < -0.3 is 10.1 Å². The molecule has 1 aromatic heterocycles. The van der Waals surface area contributed by atoms with Gasteiger partial charge in [0.15, 0.2) is 0 Å². The Labute approximate surface area is 95.1 Å². The number of aromatic nitrogens is 1. The standard InChI is InChI=1S/C13H14N2O/c1-14-10-7-8-15-12(9-10)11-5-3-4-6-13(11)16-2/h3-9H,1-2H3,(H,14,15). The number of benzene rings is 1. The Kier molecular flexibility index (Phi) is 3.05. The largest absolute Gasteiger partial charge is 0.496 e. The van der Waals surface area contributed by atoms with E-state index in [2.05, 4.69) is 10.3 Å². The molecule has 16 heavy (non-hydrogen) atoms. The summed E-state index contributed by atoms with van der Waals surface area (Å²) in [7, 11) is 3.56. The van der Waals surface area contributed by atoms with Gasteiger partial charge in [-0.05, 0) is 24.3 Å². The van der Waals surface area contributed by atoms with Crippen molar-refractivity contribution >= 4 is 5.69 Å². The van der Waals surface area contributed by atoms with Crippen molar-refractivity contribution in [2.75, 3.05) is 19.5 Å². The van der Waals surface area contributed by atoms with Crippen molar-refractivity contribution in [3.05, 3.63) is 42.6 Å². The summed E-state index contributed by atoms with van der Waals surface area (Å²) in [5.41, 5.74) is 2.95. The van der Waals surface area contributed by atoms with E-state index in [1.54, 1.807) is 13.3 Å². The van der Waals surface area contributed by atoms with E-state index in [9.17, 15) is 0 Å². The number of nitrogens with one attached hydrogen (secondary N) is 1. The fourth-order valence-corrected chi connectivity index (χ4v) is 1.59. The molecular formula is C13H14N2O. The van der Waals surface area contributed by atoms with E-state index in [-0.39, 0.29) is 0 Å². The number of hydrogen-bond donors (Lipinski definition) is 1. The summed E-state index contributed by atoms with van der Waals surface area (Å²) in [6.07, 6.45) is 1.79. The highest BCUT2D eigenvalue weighted by Gasteiger charge is 2.05. The number of ether oxygens (including phenoxy) is 1. The predicted octanol–water partition coefficient (Wildman–Crippen LogP) is 2.80. The summed E-state index contributed by atoms with van der Waals surface area (Å²) < 4.78 is 5.31. The van der Waals surface area contributed by atoms with Crippen LogP contribution in [0.4, 0.5) is 5.69 Å². The normalized spacial score (nSPS) is 9.88. The predicted molar refractivity (Wildman–Crippen MR) is 65.8 cm³/mol. The first-order valence-corrected chi connectivity index (χ1v) is 5.12. The second-order valence-corrected chi connectivity index (χ2v) is 3.38. The summed E-state index contributed by atoms with van der Waals surface area (Å²) in [6, 6.07) is 11.8. The van der Waals surface area contributed by atoms with Crippen LogP contribution in [0.5, 0.6) is 5.75 Å². The van der Waals surface area contributed by atoms with E-state index in [0.29, 0.717) is 0 Å². The van der Waals surface area contributed by atoms with E-state index in [0.717, 1.165) is 22.7 Å². The van der Waals surface area contributed by atoms with Crippen LogP contribution in [-0.2, 0) is 0 Å². The van der Waals surface area contributed by atoms with Crippen molar-refractivity contribution in [2.45, 2.75) is 0 Å². The van der Waals surface area contributed by atoms with Gasteiger partial charge in [0.2, 0.25) is 0 Å². The molecule has 1 heterocycles. The Bertz CT molecular complexity index is 483. The first kappa shape index (κ1) is 10.5. The minimum absolute atomic E-state index is 0.836. The van der Waals surface area contributed by atoms with Crippen molar-refractivity contribution in [1.29, 1.82) is 0 Å². The number of rotatable bonds is 3. The maximum atomic E-state index is 5.31. The maximum absolute atomic E-state index is 5.31. The molecule has 0 unspecified atom stereocenters. The van der Waals surface area contributed by atoms with Gasteiger partial charge in [-0.25, -0.2) is 0 Å². The van der Waals surface area contributed by atoms with Crippen LogP contribution in [0.3, 0.4) is 0 Å². The Morgan fingerprint density at radius 3 is 2.75 bits per heavy atom. The fourth-order valence-electron chi connectivity index (χ4n) is 1.59. The number of nitrogens with zero attached hydrogens (tertiary/aromatic N) is 1. The Morgan fingerprint density at radius 2 is 2.00 bits per heavy atom. The fraction of sp³-hybridized carbons (Fsp3) is 0.154. The number of pyridine rings is 1. The first-order valence-electron chi connectivity index (χ1n) is 5.12. The van der Waals surface area contributed by atoms with Gasteiger partial charge in [-0.2, -0.15) is 0 Å². The topological polar surface area (TPSA) is 34.2 Å². The molecule has 0 aliphatic rings. The summed E-state index contributed by atoms with van der Waals surface area (Å²) in [4.78, 5) is 4.35. The molecule has 1 aromatic carbocycles. The zero-order valence-electron chi connectivity index (χ0n) is 9.40. The van der Waals surface area contributed by atoms with Crippen molar-refractivity contribution in [1.82, 2.24) is 4.98 Å². The van der Waals surface area contributed by atoms with Crippen LogP contribution in [0.15, 0.2) is 42.6 Å². The van der Waals surface area contributed by atoms with E-state index in [1.807, 2.05) is 43.4 Å². The van der Waals surface area contributed by atoms with Gasteiger partial charge in [-0.15, -0.1) is 0 Å². The van der Waals surface area contributed by atoms with Gasteiger partial charge in [0.25, 0.3) is 0 Å². The summed E-state index contributed by atoms with van der Waals surface area (Å²) in [5, 5.41) is 3.09. The van der Waals surface area contributed by atoms with Crippen LogP contribution < -0.4 is 10.1 Å². The molecule has 82 valence electrons. The van der Waals surface area contributed by atoms with Gasteiger partial charge in [0.1, 0.15) is 5.75 Å². The van der Waals surface area contributed by atoms with Crippen molar-refractivity contribution < 1.29 is 4.74 Å². The highest BCUT2D eigenvalue weighted by atomic mass is 16.5. The average Bonchev–Trinajstić information content (AvgIpc) is 2.38. The molecule has 2 aromatic rings. The van der Waals surface area contributed by atoms with Crippen LogP contribution in [0, 0.1) is 0 Å². The second-order valence-electron chi connectivity index (χ2n) is 3.38. The van der Waals surface area contributed by atoms with Crippen molar-refractivity contribution in [2.24, 2.45) is 0 Å². The zero-order chi connectivity index (χ0) is 11.4. The van der Waals surface area contributed by atoms with E-state index < -0.39 is 0 Å². The zero-order valence-corrected chi connectivity index (χ0v) is 9.40. The SMILES string of the molecule is CNc1ccnc(-c2ccccc2OC)c1. The highest BCUT2D eigenvalue weighted by molar-refractivity contribution is 5.69. The van der Waals surface area contributed by atoms with Crippen molar-refractivity contribution in [3.63, 3.8) is 0 Å². The number of hydrogen-bond acceptors (Lipinski definition) is 3. The number of anilines is 1. The lowest BCUT2D eigenvalue weighted by molar-refractivity contribution is 0.416. The van der Waals surface area contributed by atoms with Gasteiger partial charge in [0, 0.05) is 24.5 Å². The molecule has 3 nitrogen and oxygen atoms in total. The molecule has 0 atom stereocenters. The number of para-hydroxylation sites is 1. The smallest absolute Gasteiger partial charge is 0.128 e. The molecule has 0 aliphatic heterocycles. The molecule has 0 radical (unpaired) electrons. The van der Waals surface area contributed by atoms with E-state index in [1.165, 1.54) is 0 Å². The monoisotopic (exact) mass is 214 g/mol. The Hall–Kier alpha value is -2.03. The van der Waals surface area contributed by atoms with Crippen LogP contribution in [0.1, 0.15) is 0 Å². The molecule has 3 heteroatoms. The number of methoxy groups -OCH3 is 1. The lowest BCUT2D eigenvalue weighted by Crippen LogP contribution is -1.92. The van der Waals surface area contributed by atoms with Crippen LogP contribution >= 0.6 is 0 Å². The average molecular weight is 214 g/mol. The Morgan fingerprint density at radius 1 is 1.19 bits per heavy atom. The molecule has 2 rings (SSSR count). The van der Waals surface area contributed by atoms with Gasteiger partial charge >= 0.3 is 0 Å². The summed E-state index contributed by atoms with van der Waals surface area (Å²) >= 11 is 0. The molecule has 0 amide bonds. The molecule has 1 N–H and O–H groups in total. The van der Waals surface area contributed by atoms with Crippen LogP contribution in [0.2, 0.25) is 0 Å². The third kappa shape index (κ3) is 1.98. The molecule has 0 bridgehead atoms. The van der Waals surface area contributed by atoms with Crippen LogP contribution in [-0.4, -0.2) is 19.1 Å². The van der Waals surface area contributed by atoms with E-state index in [4.69, 9.17) is 4.74 Å².